The molecule has 2 fully saturated rings. The summed E-state index contributed by atoms with van der Waals surface area (Å²) in [5.41, 5.74) is 7.73. The van der Waals surface area contributed by atoms with Gasteiger partial charge in [-0.15, -0.1) is 11.8 Å². The van der Waals surface area contributed by atoms with Crippen molar-refractivity contribution in [2.75, 3.05) is 32.3 Å². The minimum absolute atomic E-state index is 0.0111. The van der Waals surface area contributed by atoms with Crippen LogP contribution in [0.4, 0.5) is 0 Å². The predicted molar refractivity (Wildman–Crippen MR) is 222 cm³/mol. The summed E-state index contributed by atoms with van der Waals surface area (Å²) in [5.74, 6) is -0.259. The number of amides is 2. The number of β-lactam (4-membered cyclic amide) rings is 1. The van der Waals surface area contributed by atoms with Crippen LogP contribution in [0.3, 0.4) is 0 Å². The molecule has 13 nitrogen and oxygen atoms in total. The van der Waals surface area contributed by atoms with Crippen molar-refractivity contribution < 1.29 is 33.4 Å². The molecule has 15 heteroatoms. The van der Waals surface area contributed by atoms with Crippen molar-refractivity contribution >= 4 is 52.9 Å². The van der Waals surface area contributed by atoms with E-state index < -0.39 is 34.7 Å². The van der Waals surface area contributed by atoms with Crippen LogP contribution in [-0.2, 0) is 40.8 Å². The second kappa shape index (κ2) is 17.5. The van der Waals surface area contributed by atoms with E-state index in [2.05, 4.69) is 52.3 Å². The number of nitrogens with zero attached hydrogens (tertiary/aromatic N) is 4. The smallest absolute Gasteiger partial charge is 0.355 e. The summed E-state index contributed by atoms with van der Waals surface area (Å²) >= 11 is 2.82. The van der Waals surface area contributed by atoms with Gasteiger partial charge in [0.1, 0.15) is 47.8 Å². The molecule has 4 aromatic rings. The highest BCUT2D eigenvalue weighted by atomic mass is 32.2. The zero-order chi connectivity index (χ0) is 40.1. The van der Waals surface area contributed by atoms with Gasteiger partial charge in [-0.05, 0) is 64.7 Å². The lowest BCUT2D eigenvalue weighted by Crippen LogP contribution is -2.71. The molecule has 0 aromatic heterocycles. The molecule has 4 heterocycles. The second-order valence-electron chi connectivity index (χ2n) is 13.8. The van der Waals surface area contributed by atoms with Gasteiger partial charge >= 0.3 is 5.97 Å². The number of ether oxygens (including phenoxy) is 3. The highest BCUT2D eigenvalue weighted by molar-refractivity contribution is 8.00. The number of thioether (sulfide) groups is 1. The first-order valence-electron chi connectivity index (χ1n) is 18.9. The molecule has 2 N–H and O–H groups in total. The lowest BCUT2D eigenvalue weighted by atomic mass is 9.77. The van der Waals surface area contributed by atoms with Crippen molar-refractivity contribution in [1.82, 2.24) is 20.2 Å². The molecule has 0 saturated carbocycles. The summed E-state index contributed by atoms with van der Waals surface area (Å²) in [4.78, 5) is 48.3. The molecule has 4 aliphatic heterocycles. The number of benzene rings is 4. The Labute approximate surface area is 344 Å². The summed E-state index contributed by atoms with van der Waals surface area (Å²) in [6, 6.07) is 36.6. The molecule has 4 aromatic carbocycles. The van der Waals surface area contributed by atoms with Crippen LogP contribution in [0.5, 0.6) is 5.75 Å². The molecule has 0 radical (unpaired) electrons. The van der Waals surface area contributed by atoms with Gasteiger partial charge in [0.05, 0.1) is 19.0 Å². The van der Waals surface area contributed by atoms with Gasteiger partial charge in [0.25, 0.3) is 11.8 Å². The number of hydrogen-bond acceptors (Lipinski definition) is 13. The molecule has 0 unspecified atom stereocenters. The maximum absolute atomic E-state index is 14.0. The maximum Gasteiger partial charge on any atom is 0.355 e. The Morgan fingerprint density at radius 1 is 0.897 bits per heavy atom. The van der Waals surface area contributed by atoms with Gasteiger partial charge in [-0.2, -0.15) is 15.1 Å². The molecular weight excluding hydrogens is 777 g/mol. The van der Waals surface area contributed by atoms with Crippen molar-refractivity contribution in [2.24, 2.45) is 10.3 Å². The maximum atomic E-state index is 14.0. The van der Waals surface area contributed by atoms with Crippen LogP contribution in [0.15, 0.2) is 137 Å². The number of hydrazine groups is 1. The van der Waals surface area contributed by atoms with Crippen LogP contribution >= 0.6 is 23.7 Å². The number of rotatable bonds is 14. The van der Waals surface area contributed by atoms with Crippen LogP contribution in [0.2, 0.25) is 0 Å². The van der Waals surface area contributed by atoms with Crippen LogP contribution in [0.1, 0.15) is 35.1 Å². The monoisotopic (exact) mass is 818 g/mol. The van der Waals surface area contributed by atoms with Crippen molar-refractivity contribution in [1.29, 1.82) is 0 Å². The van der Waals surface area contributed by atoms with E-state index in [1.165, 1.54) is 35.7 Å². The first-order chi connectivity index (χ1) is 28.4. The van der Waals surface area contributed by atoms with Gasteiger partial charge in [-0.1, -0.05) is 108 Å². The fourth-order valence-electron chi connectivity index (χ4n) is 7.56. The summed E-state index contributed by atoms with van der Waals surface area (Å²) in [6.07, 6.45) is 1.30. The number of methoxy groups -OCH3 is 1. The Bertz CT molecular complexity index is 2120. The first kappa shape index (κ1) is 39.2. The number of nitrogens with one attached hydrogen (secondary N) is 2. The molecule has 0 bridgehead atoms. The molecule has 0 spiro atoms. The van der Waals surface area contributed by atoms with Gasteiger partial charge in [0.15, 0.2) is 5.71 Å². The second-order valence-corrected chi connectivity index (χ2v) is 15.8. The molecule has 58 heavy (non-hydrogen) atoms. The van der Waals surface area contributed by atoms with Gasteiger partial charge in [-0.25, -0.2) is 4.79 Å². The third kappa shape index (κ3) is 7.69. The minimum Gasteiger partial charge on any atom is -0.497 e. The van der Waals surface area contributed by atoms with Crippen LogP contribution in [0.25, 0.3) is 0 Å². The molecule has 3 atom stereocenters. The summed E-state index contributed by atoms with van der Waals surface area (Å²) in [5, 5.41) is 11.2. The zero-order valence-electron chi connectivity index (χ0n) is 31.9. The molecule has 8 rings (SSSR count). The van der Waals surface area contributed by atoms with Crippen LogP contribution in [-0.4, -0.2) is 88.5 Å². The molecule has 2 amide bonds. The Morgan fingerprint density at radius 3 is 2.10 bits per heavy atom. The number of hydrazone groups is 1. The lowest BCUT2D eigenvalue weighted by molar-refractivity contribution is -0.153. The molecular formula is C43H42N6O7S2. The van der Waals surface area contributed by atoms with E-state index in [0.29, 0.717) is 23.8 Å². The van der Waals surface area contributed by atoms with Crippen LogP contribution in [0, 0.1) is 0 Å². The topological polar surface area (TPSA) is 143 Å². The van der Waals surface area contributed by atoms with Crippen LogP contribution < -0.4 is 15.5 Å². The Kier molecular flexibility index (Phi) is 11.8. The van der Waals surface area contributed by atoms with E-state index in [1.54, 1.807) is 23.8 Å². The predicted octanol–water partition coefficient (Wildman–Crippen LogP) is 5.39. The number of hydrogen-bond donors (Lipinski definition) is 2. The Hall–Kier alpha value is -5.61. The molecule has 298 valence electrons. The summed E-state index contributed by atoms with van der Waals surface area (Å²) in [6.45, 7) is 0.586. The van der Waals surface area contributed by atoms with E-state index in [-0.39, 0.29) is 29.9 Å². The van der Waals surface area contributed by atoms with E-state index >= 15 is 0 Å². The standard InChI is InChI=1S/C43H42N6O7S2/c1-53-32-22-20-28(21-23-32)25-56-42(52)38-33(35-19-12-24-55-35)26-57-41-37(40(51)48(38)41)44-39(50)36(46-54-2)34-27-58-49(45-34)47-43(29-13-6-3-7-14-29,30-15-8-4-9-16-30)31-17-10-5-11-18-31/h3-11,13-18,20-23,35,37,41,47H,12,19,24-27H2,1-2H3,(H,44,50)/t35-,37+,41+/m0/s1. The van der Waals surface area contributed by atoms with Gasteiger partial charge in [0, 0.05) is 12.4 Å². The quantitative estimate of drug-likeness (QED) is 0.0423. The van der Waals surface area contributed by atoms with E-state index in [9.17, 15) is 14.4 Å². The minimum atomic E-state index is -0.930. The third-order valence-electron chi connectivity index (χ3n) is 10.4. The molecule has 4 aliphatic rings. The van der Waals surface area contributed by atoms with Gasteiger partial charge in [0.2, 0.25) is 0 Å². The van der Waals surface area contributed by atoms with Crippen molar-refractivity contribution in [2.45, 2.75) is 42.5 Å². The summed E-state index contributed by atoms with van der Waals surface area (Å²) < 4.78 is 18.6. The number of esters is 1. The summed E-state index contributed by atoms with van der Waals surface area (Å²) in [7, 11) is 2.94. The fraction of sp³-hybridized carbons (Fsp3) is 0.279. The van der Waals surface area contributed by atoms with Gasteiger partial charge in [-0.3, -0.25) is 14.5 Å². The van der Waals surface area contributed by atoms with Crippen molar-refractivity contribution in [3.8, 4) is 5.75 Å². The highest BCUT2D eigenvalue weighted by Crippen LogP contribution is 2.44. The average Bonchev–Trinajstić information content (AvgIpc) is 3.99. The number of carbonyl (C=O) groups is 3. The number of fused-ring (bicyclic) bond motifs is 1. The Morgan fingerprint density at radius 2 is 1.53 bits per heavy atom. The number of oxime groups is 1. The van der Waals surface area contributed by atoms with Crippen molar-refractivity contribution in [3.63, 3.8) is 0 Å². The lowest BCUT2D eigenvalue weighted by Gasteiger charge is -2.50. The SMILES string of the molecule is CON=C(C(=O)N[C@@H]1C(=O)N2C(C(=O)OCc3ccc(OC)cc3)=C([C@@H]3CCCO3)CS[C@H]12)C1=NN(NC(c2ccccc2)(c2ccccc2)c2ccccc2)SC1. The molecule has 0 aliphatic carbocycles. The fourth-order valence-corrected chi connectivity index (χ4v) is 9.77. The zero-order valence-corrected chi connectivity index (χ0v) is 33.5. The normalized spacial score (nSPS) is 20.6. The Balaban J connectivity index is 1.01. The van der Waals surface area contributed by atoms with Gasteiger partial charge < -0.3 is 24.4 Å². The highest BCUT2D eigenvalue weighted by Gasteiger charge is 2.56. The number of carbonyl (C=O) groups excluding carboxylic acids is 3. The van der Waals surface area contributed by atoms with E-state index in [1.807, 2.05) is 66.7 Å². The van der Waals surface area contributed by atoms with E-state index in [4.69, 9.17) is 24.1 Å². The third-order valence-corrected chi connectivity index (χ3v) is 12.5. The van der Waals surface area contributed by atoms with E-state index in [0.717, 1.165) is 40.7 Å². The first-order valence-corrected chi connectivity index (χ1v) is 20.9. The molecule has 2 saturated heterocycles. The average molecular weight is 819 g/mol. The van der Waals surface area contributed by atoms with Crippen molar-refractivity contribution in [3.05, 3.63) is 149 Å². The largest absolute Gasteiger partial charge is 0.497 e.